The lowest BCUT2D eigenvalue weighted by Gasteiger charge is -2.17. The van der Waals surface area contributed by atoms with Gasteiger partial charge in [-0.05, 0) is 75.7 Å². The Morgan fingerprint density at radius 2 is 1.32 bits per heavy atom. The van der Waals surface area contributed by atoms with E-state index in [1.165, 1.54) is 24.3 Å². The Balaban J connectivity index is 1.71. The lowest BCUT2D eigenvalue weighted by atomic mass is 10.1. The lowest BCUT2D eigenvalue weighted by molar-refractivity contribution is 0.0948. The molecular formula is C30H34N2O8. The number of ether oxygens (including phenoxy) is 5. The molecule has 0 radical (unpaired) electrons. The molecule has 0 heterocycles. The Hall–Kier alpha value is -4.73. The van der Waals surface area contributed by atoms with Gasteiger partial charge in [0, 0.05) is 23.4 Å². The van der Waals surface area contributed by atoms with Crippen molar-refractivity contribution in [3.05, 3.63) is 77.4 Å². The zero-order chi connectivity index (χ0) is 28.9. The number of anilines is 1. The van der Waals surface area contributed by atoms with Crippen LogP contribution in [0.25, 0.3) is 0 Å². The molecule has 0 unspecified atom stereocenters. The summed E-state index contributed by atoms with van der Waals surface area (Å²) in [5.74, 6) is 0.848. The number of carbonyl (C=O) groups is 3. The molecular weight excluding hydrogens is 516 g/mol. The van der Waals surface area contributed by atoms with Gasteiger partial charge in [-0.15, -0.1) is 0 Å². The first kappa shape index (κ1) is 29.8. The topological polar surface area (TPSA) is 121 Å². The highest BCUT2D eigenvalue weighted by Crippen LogP contribution is 2.39. The maximum atomic E-state index is 13.1. The Morgan fingerprint density at radius 3 is 1.93 bits per heavy atom. The van der Waals surface area contributed by atoms with E-state index in [1.54, 1.807) is 31.2 Å². The average Bonchev–Trinajstić information content (AvgIpc) is 2.94. The van der Waals surface area contributed by atoms with Crippen LogP contribution in [0.3, 0.4) is 0 Å². The summed E-state index contributed by atoms with van der Waals surface area (Å²) in [6.07, 6.45) is -0.816. The van der Waals surface area contributed by atoms with E-state index in [1.807, 2.05) is 32.9 Å². The van der Waals surface area contributed by atoms with E-state index in [9.17, 15) is 14.4 Å². The number of nitrogens with one attached hydrogen (secondary N) is 2. The minimum absolute atomic E-state index is 0.156. The number of hydrogen-bond acceptors (Lipinski definition) is 8. The van der Waals surface area contributed by atoms with Crippen LogP contribution in [-0.2, 0) is 11.3 Å². The number of benzene rings is 3. The van der Waals surface area contributed by atoms with Crippen LogP contribution in [0.15, 0.2) is 60.7 Å². The van der Waals surface area contributed by atoms with Crippen molar-refractivity contribution in [2.45, 2.75) is 34.2 Å². The van der Waals surface area contributed by atoms with Gasteiger partial charge in [0.1, 0.15) is 5.75 Å². The number of para-hydroxylation sites is 1. The van der Waals surface area contributed by atoms with Crippen LogP contribution in [0.4, 0.5) is 10.5 Å². The molecule has 0 aromatic heterocycles. The summed E-state index contributed by atoms with van der Waals surface area (Å²) in [5.41, 5.74) is 1.95. The van der Waals surface area contributed by atoms with Crippen molar-refractivity contribution in [1.82, 2.24) is 5.32 Å². The van der Waals surface area contributed by atoms with Gasteiger partial charge in [0.05, 0.1) is 26.4 Å². The first-order valence-corrected chi connectivity index (χ1v) is 13.1. The number of carbonyl (C=O) groups excluding carboxylic acids is 3. The van der Waals surface area contributed by atoms with Crippen LogP contribution in [0.1, 0.15) is 54.0 Å². The molecule has 10 nitrogen and oxygen atoms in total. The largest absolute Gasteiger partial charge is 0.513 e. The van der Waals surface area contributed by atoms with Crippen molar-refractivity contribution in [3.8, 4) is 23.0 Å². The smallest absolute Gasteiger partial charge is 0.490 e. The maximum absolute atomic E-state index is 13.1. The standard InChI is InChI=1S/C30H34N2O8/c1-5-36-25-17-22(18-26(37-6-2)27(25)38-7-3)28(33)31-19-21-11-9-10-12-24(21)32-29(34)20-13-15-23(16-14-20)40-30(35)39-8-4/h9-18H,5-8,19H2,1-4H3,(H,31,33)(H,32,34). The molecule has 0 saturated carbocycles. The average molecular weight is 551 g/mol. The van der Waals surface area contributed by atoms with Crippen molar-refractivity contribution < 1.29 is 38.1 Å². The molecule has 0 aliphatic heterocycles. The van der Waals surface area contributed by atoms with E-state index in [-0.39, 0.29) is 30.7 Å². The van der Waals surface area contributed by atoms with E-state index >= 15 is 0 Å². The third kappa shape index (κ3) is 8.13. The van der Waals surface area contributed by atoms with Crippen LogP contribution in [-0.4, -0.2) is 44.4 Å². The molecule has 212 valence electrons. The zero-order valence-electron chi connectivity index (χ0n) is 23.1. The van der Waals surface area contributed by atoms with Gasteiger partial charge >= 0.3 is 6.16 Å². The van der Waals surface area contributed by atoms with Crippen LogP contribution in [0, 0.1) is 0 Å². The van der Waals surface area contributed by atoms with Crippen LogP contribution >= 0.6 is 0 Å². The monoisotopic (exact) mass is 550 g/mol. The molecule has 3 aromatic rings. The first-order chi connectivity index (χ1) is 19.4. The van der Waals surface area contributed by atoms with Gasteiger partial charge in [-0.3, -0.25) is 9.59 Å². The molecule has 3 rings (SSSR count). The normalized spacial score (nSPS) is 10.3. The Morgan fingerprint density at radius 1 is 0.700 bits per heavy atom. The quantitative estimate of drug-likeness (QED) is 0.208. The molecule has 0 aliphatic rings. The van der Waals surface area contributed by atoms with Crippen molar-refractivity contribution in [1.29, 1.82) is 0 Å². The maximum Gasteiger partial charge on any atom is 0.513 e. The van der Waals surface area contributed by atoms with Gasteiger partial charge < -0.3 is 34.3 Å². The van der Waals surface area contributed by atoms with E-state index in [4.69, 9.17) is 23.7 Å². The van der Waals surface area contributed by atoms with Crippen LogP contribution < -0.4 is 29.6 Å². The third-order valence-electron chi connectivity index (χ3n) is 5.46. The minimum Gasteiger partial charge on any atom is -0.490 e. The molecule has 0 saturated heterocycles. The number of rotatable bonds is 13. The van der Waals surface area contributed by atoms with Crippen LogP contribution in [0.2, 0.25) is 0 Å². The zero-order valence-corrected chi connectivity index (χ0v) is 23.1. The Bertz CT molecular complexity index is 1280. The molecule has 3 aromatic carbocycles. The van der Waals surface area contributed by atoms with Gasteiger partial charge in [0.2, 0.25) is 5.75 Å². The summed E-state index contributed by atoms with van der Waals surface area (Å²) in [7, 11) is 0. The second kappa shape index (κ2) is 15.0. The molecule has 0 fully saturated rings. The van der Waals surface area contributed by atoms with Crippen LogP contribution in [0.5, 0.6) is 23.0 Å². The van der Waals surface area contributed by atoms with Gasteiger partial charge in [-0.1, -0.05) is 18.2 Å². The molecule has 0 aliphatic carbocycles. The fourth-order valence-electron chi connectivity index (χ4n) is 3.71. The molecule has 2 N–H and O–H groups in total. The van der Waals surface area contributed by atoms with E-state index in [2.05, 4.69) is 10.6 Å². The summed E-state index contributed by atoms with van der Waals surface area (Å²) in [6.45, 7) is 8.78. The van der Waals surface area contributed by atoms with Crippen molar-refractivity contribution in [2.75, 3.05) is 31.7 Å². The van der Waals surface area contributed by atoms with Crippen molar-refractivity contribution in [2.24, 2.45) is 0 Å². The molecule has 0 bridgehead atoms. The number of hydrogen-bond donors (Lipinski definition) is 2. The molecule has 10 heteroatoms. The highest BCUT2D eigenvalue weighted by atomic mass is 16.7. The summed E-state index contributed by atoms with van der Waals surface area (Å²) in [6, 6.07) is 16.5. The summed E-state index contributed by atoms with van der Waals surface area (Å²) < 4.78 is 26.9. The van der Waals surface area contributed by atoms with E-state index in [0.717, 1.165) is 0 Å². The summed E-state index contributed by atoms with van der Waals surface area (Å²) in [5, 5.41) is 5.76. The second-order valence-electron chi connectivity index (χ2n) is 8.20. The predicted molar refractivity (Wildman–Crippen MR) is 150 cm³/mol. The Kier molecular flexibility index (Phi) is 11.2. The Labute approximate surface area is 233 Å². The SMILES string of the molecule is CCOC(=O)Oc1ccc(C(=O)Nc2ccccc2CNC(=O)c2cc(OCC)c(OCC)c(OCC)c2)cc1. The second-order valence-corrected chi connectivity index (χ2v) is 8.20. The third-order valence-corrected chi connectivity index (χ3v) is 5.46. The highest BCUT2D eigenvalue weighted by molar-refractivity contribution is 6.04. The molecule has 2 amide bonds. The molecule has 0 spiro atoms. The number of amides is 2. The van der Waals surface area contributed by atoms with Gasteiger partial charge in [-0.25, -0.2) is 4.79 Å². The summed E-state index contributed by atoms with van der Waals surface area (Å²) in [4.78, 5) is 37.5. The predicted octanol–water partition coefficient (Wildman–Crippen LogP) is 5.60. The fraction of sp³-hybridized carbons (Fsp3) is 0.300. The van der Waals surface area contributed by atoms with E-state index in [0.29, 0.717) is 59.4 Å². The van der Waals surface area contributed by atoms with E-state index < -0.39 is 6.16 Å². The summed E-state index contributed by atoms with van der Waals surface area (Å²) >= 11 is 0. The van der Waals surface area contributed by atoms with Gasteiger partial charge in [-0.2, -0.15) is 0 Å². The highest BCUT2D eigenvalue weighted by Gasteiger charge is 2.19. The van der Waals surface area contributed by atoms with Crippen molar-refractivity contribution in [3.63, 3.8) is 0 Å². The van der Waals surface area contributed by atoms with Gasteiger partial charge in [0.25, 0.3) is 11.8 Å². The lowest BCUT2D eigenvalue weighted by Crippen LogP contribution is -2.24. The molecule has 40 heavy (non-hydrogen) atoms. The fourth-order valence-corrected chi connectivity index (χ4v) is 3.71. The molecule has 0 atom stereocenters. The first-order valence-electron chi connectivity index (χ1n) is 13.1. The van der Waals surface area contributed by atoms with Gasteiger partial charge in [0.15, 0.2) is 11.5 Å². The minimum atomic E-state index is -0.816. The van der Waals surface area contributed by atoms with Crippen molar-refractivity contribution >= 4 is 23.7 Å².